The lowest BCUT2D eigenvalue weighted by atomic mass is 10.0. The molecule has 0 unspecified atom stereocenters. The number of aryl methyl sites for hydroxylation is 1. The van der Waals surface area contributed by atoms with Gasteiger partial charge in [0.1, 0.15) is 0 Å². The average molecular weight is 264 g/mol. The Bertz CT molecular complexity index is 416. The second-order valence-electron chi connectivity index (χ2n) is 3.41. The van der Waals surface area contributed by atoms with Gasteiger partial charge in [-0.3, -0.25) is 4.79 Å². The van der Waals surface area contributed by atoms with Crippen LogP contribution in [0.4, 0.5) is 13.2 Å². The average Bonchev–Trinajstić information content (AvgIpc) is 2.24. The first kappa shape index (κ1) is 13.9. The van der Waals surface area contributed by atoms with Gasteiger partial charge in [-0.1, -0.05) is 6.07 Å². The Kier molecular flexibility index (Phi) is 4.45. The lowest BCUT2D eigenvalue weighted by molar-refractivity contribution is -0.140. The Hall–Kier alpha value is -1.17. The number of hydrogen-bond donors (Lipinski definition) is 1. The van der Waals surface area contributed by atoms with Crippen molar-refractivity contribution in [2.45, 2.75) is 23.9 Å². The molecule has 0 aliphatic heterocycles. The van der Waals surface area contributed by atoms with Gasteiger partial charge in [-0.05, 0) is 30.4 Å². The van der Waals surface area contributed by atoms with E-state index in [9.17, 15) is 18.0 Å². The number of aliphatic carboxylic acids is 1. The normalized spacial score (nSPS) is 11.5. The van der Waals surface area contributed by atoms with Crippen molar-refractivity contribution in [1.29, 1.82) is 0 Å². The fraction of sp³-hybridized carbons (Fsp3) is 0.364. The van der Waals surface area contributed by atoms with Gasteiger partial charge in [-0.2, -0.15) is 13.2 Å². The zero-order valence-corrected chi connectivity index (χ0v) is 9.86. The van der Waals surface area contributed by atoms with Crippen LogP contribution in [0.2, 0.25) is 0 Å². The molecule has 6 heteroatoms. The maximum Gasteiger partial charge on any atom is 0.416 e. The fourth-order valence-electron chi connectivity index (χ4n) is 1.41. The highest BCUT2D eigenvalue weighted by molar-refractivity contribution is 7.98. The molecule has 0 spiro atoms. The quantitative estimate of drug-likeness (QED) is 0.846. The summed E-state index contributed by atoms with van der Waals surface area (Å²) in [5, 5.41) is 8.48. The molecule has 0 amide bonds. The molecule has 0 aliphatic carbocycles. The number of benzene rings is 1. The molecule has 0 aliphatic rings. The van der Waals surface area contributed by atoms with Crippen LogP contribution in [0.3, 0.4) is 0 Å². The zero-order valence-electron chi connectivity index (χ0n) is 9.04. The van der Waals surface area contributed by atoms with Crippen LogP contribution < -0.4 is 0 Å². The van der Waals surface area contributed by atoms with Gasteiger partial charge in [0, 0.05) is 11.3 Å². The molecular weight excluding hydrogens is 253 g/mol. The van der Waals surface area contributed by atoms with Crippen LogP contribution in [0.5, 0.6) is 0 Å². The van der Waals surface area contributed by atoms with E-state index in [4.69, 9.17) is 5.11 Å². The molecule has 0 heterocycles. The number of alkyl halides is 3. The van der Waals surface area contributed by atoms with Gasteiger partial charge in [-0.15, -0.1) is 11.8 Å². The second-order valence-corrected chi connectivity index (χ2v) is 4.29. The van der Waals surface area contributed by atoms with Gasteiger partial charge in [0.15, 0.2) is 0 Å². The first-order valence-corrected chi connectivity index (χ1v) is 6.03. The first-order chi connectivity index (χ1) is 7.84. The van der Waals surface area contributed by atoms with Crippen LogP contribution in [-0.2, 0) is 17.4 Å². The smallest absolute Gasteiger partial charge is 0.416 e. The molecule has 0 aromatic heterocycles. The summed E-state index contributed by atoms with van der Waals surface area (Å²) < 4.78 is 38.2. The topological polar surface area (TPSA) is 37.3 Å². The van der Waals surface area contributed by atoms with Gasteiger partial charge >= 0.3 is 12.1 Å². The minimum absolute atomic E-state index is 0.0256. The number of hydrogen-bond acceptors (Lipinski definition) is 2. The van der Waals surface area contributed by atoms with Gasteiger partial charge in [-0.25, -0.2) is 0 Å². The molecule has 1 aromatic carbocycles. The van der Waals surface area contributed by atoms with Gasteiger partial charge in [0.2, 0.25) is 0 Å². The van der Waals surface area contributed by atoms with Crippen molar-refractivity contribution in [3.05, 3.63) is 29.3 Å². The zero-order chi connectivity index (χ0) is 13.1. The molecule has 0 atom stereocenters. The third kappa shape index (κ3) is 3.96. The minimum Gasteiger partial charge on any atom is -0.481 e. The predicted octanol–water partition coefficient (Wildman–Crippen LogP) is 3.44. The van der Waals surface area contributed by atoms with E-state index in [1.165, 1.54) is 17.8 Å². The summed E-state index contributed by atoms with van der Waals surface area (Å²) in [6, 6.07) is 3.97. The van der Waals surface area contributed by atoms with Crippen LogP contribution in [-0.4, -0.2) is 17.3 Å². The highest BCUT2D eigenvalue weighted by Crippen LogP contribution is 2.34. The van der Waals surface area contributed by atoms with Crippen LogP contribution >= 0.6 is 11.8 Å². The molecular formula is C11H11F3O2S. The molecule has 0 bridgehead atoms. The summed E-state index contributed by atoms with van der Waals surface area (Å²) in [6.07, 6.45) is -3.17. The van der Waals surface area contributed by atoms with Crippen LogP contribution in [0.15, 0.2) is 23.1 Å². The third-order valence-corrected chi connectivity index (χ3v) is 2.96. The minimum atomic E-state index is -4.44. The first-order valence-electron chi connectivity index (χ1n) is 4.80. The van der Waals surface area contributed by atoms with Crippen molar-refractivity contribution < 1.29 is 23.1 Å². The molecule has 0 fully saturated rings. The lowest BCUT2D eigenvalue weighted by Gasteiger charge is -2.13. The third-order valence-electron chi connectivity index (χ3n) is 2.23. The van der Waals surface area contributed by atoms with E-state index < -0.39 is 17.7 Å². The Labute approximate surface area is 101 Å². The molecule has 0 saturated heterocycles. The summed E-state index contributed by atoms with van der Waals surface area (Å²) >= 11 is 1.22. The van der Waals surface area contributed by atoms with Crippen LogP contribution in [0.1, 0.15) is 17.5 Å². The second kappa shape index (κ2) is 5.44. The standard InChI is InChI=1S/C11H11F3O2S/c1-17-8-4-2-7(3-5-10(15)16)9(6-8)11(12,13)14/h2,4,6H,3,5H2,1H3,(H,15,16). The highest BCUT2D eigenvalue weighted by Gasteiger charge is 2.33. The molecule has 17 heavy (non-hydrogen) atoms. The van der Waals surface area contributed by atoms with Crippen molar-refractivity contribution in [3.8, 4) is 0 Å². The maximum atomic E-state index is 12.7. The molecule has 1 aromatic rings. The molecule has 94 valence electrons. The van der Waals surface area contributed by atoms with Crippen LogP contribution in [0.25, 0.3) is 0 Å². The highest BCUT2D eigenvalue weighted by atomic mass is 32.2. The summed E-state index contributed by atoms with van der Waals surface area (Å²) in [6.45, 7) is 0. The molecule has 1 N–H and O–H groups in total. The van der Waals surface area contributed by atoms with Crippen molar-refractivity contribution in [3.63, 3.8) is 0 Å². The number of carboxylic acids is 1. The number of rotatable bonds is 4. The summed E-state index contributed by atoms with van der Waals surface area (Å²) in [7, 11) is 0. The van der Waals surface area contributed by atoms with E-state index >= 15 is 0 Å². The molecule has 0 saturated carbocycles. The Morgan fingerprint density at radius 2 is 2.06 bits per heavy atom. The maximum absolute atomic E-state index is 12.7. The van der Waals surface area contributed by atoms with Gasteiger partial charge in [0.05, 0.1) is 5.56 Å². The van der Waals surface area contributed by atoms with E-state index in [2.05, 4.69) is 0 Å². The monoisotopic (exact) mass is 264 g/mol. The van der Waals surface area contributed by atoms with Gasteiger partial charge < -0.3 is 5.11 Å². The summed E-state index contributed by atoms with van der Waals surface area (Å²) in [5.74, 6) is -1.10. The Morgan fingerprint density at radius 1 is 1.41 bits per heavy atom. The van der Waals surface area contributed by atoms with Crippen LogP contribution in [0, 0.1) is 0 Å². The number of carbonyl (C=O) groups is 1. The van der Waals surface area contributed by atoms with E-state index in [0.29, 0.717) is 4.90 Å². The fourth-order valence-corrected chi connectivity index (χ4v) is 1.85. The number of thioether (sulfide) groups is 1. The SMILES string of the molecule is CSc1ccc(CCC(=O)O)c(C(F)(F)F)c1. The van der Waals surface area contributed by atoms with Crippen molar-refractivity contribution in [2.24, 2.45) is 0 Å². The van der Waals surface area contributed by atoms with Crippen molar-refractivity contribution in [1.82, 2.24) is 0 Å². The Morgan fingerprint density at radius 3 is 2.53 bits per heavy atom. The van der Waals surface area contributed by atoms with Gasteiger partial charge in [0.25, 0.3) is 0 Å². The van der Waals surface area contributed by atoms with E-state index in [1.807, 2.05) is 0 Å². The number of carboxylic acid groups (broad SMARTS) is 1. The molecule has 1 rings (SSSR count). The van der Waals surface area contributed by atoms with Crippen molar-refractivity contribution in [2.75, 3.05) is 6.26 Å². The summed E-state index contributed by atoms with van der Waals surface area (Å²) in [4.78, 5) is 10.9. The Balaban J connectivity index is 3.07. The summed E-state index contributed by atoms with van der Waals surface area (Å²) in [5.41, 5.74) is -0.719. The van der Waals surface area contributed by atoms with Crippen molar-refractivity contribution >= 4 is 17.7 Å². The predicted molar refractivity (Wildman–Crippen MR) is 59.2 cm³/mol. The van der Waals surface area contributed by atoms with E-state index in [1.54, 1.807) is 12.3 Å². The molecule has 2 nitrogen and oxygen atoms in total. The largest absolute Gasteiger partial charge is 0.481 e. The molecule has 0 radical (unpaired) electrons. The van der Waals surface area contributed by atoms with E-state index in [0.717, 1.165) is 6.07 Å². The lowest BCUT2D eigenvalue weighted by Crippen LogP contribution is -2.10. The van der Waals surface area contributed by atoms with E-state index in [-0.39, 0.29) is 18.4 Å². The number of halogens is 3.